The molecule has 1 N–H and O–H groups in total. The average molecular weight is 196 g/mol. The lowest BCUT2D eigenvalue weighted by molar-refractivity contribution is 0.146. The van der Waals surface area contributed by atoms with Gasteiger partial charge in [-0.15, -0.1) is 0 Å². The molecule has 3 nitrogen and oxygen atoms in total. The highest BCUT2D eigenvalue weighted by atomic mass is 16.3. The molecule has 3 heteroatoms. The topological polar surface area (TPSA) is 38.0 Å². The lowest BCUT2D eigenvalue weighted by Crippen LogP contribution is -2.16. The normalized spacial score (nSPS) is 13.5. The molecule has 0 radical (unpaired) electrons. The van der Waals surface area contributed by atoms with Crippen LogP contribution in [-0.2, 0) is 13.0 Å². The fourth-order valence-corrected chi connectivity index (χ4v) is 1.66. The summed E-state index contributed by atoms with van der Waals surface area (Å²) in [6.07, 6.45) is 5.00. The van der Waals surface area contributed by atoms with Crippen LogP contribution >= 0.6 is 0 Å². The number of aliphatic hydroxyl groups excluding tert-OH is 1. The molecule has 1 aromatic heterocycles. The first-order valence-electron chi connectivity index (χ1n) is 5.31. The van der Waals surface area contributed by atoms with E-state index in [1.165, 1.54) is 0 Å². The van der Waals surface area contributed by atoms with E-state index in [4.69, 9.17) is 0 Å². The minimum absolute atomic E-state index is 0.261. The zero-order valence-electron chi connectivity index (χ0n) is 9.27. The van der Waals surface area contributed by atoms with E-state index in [9.17, 15) is 5.11 Å². The van der Waals surface area contributed by atoms with Crippen LogP contribution in [0.2, 0.25) is 0 Å². The van der Waals surface area contributed by atoms with E-state index in [0.717, 1.165) is 18.8 Å². The van der Waals surface area contributed by atoms with Gasteiger partial charge in [0.2, 0.25) is 0 Å². The van der Waals surface area contributed by atoms with Crippen LogP contribution in [0.1, 0.15) is 33.0 Å². The molecule has 1 unspecified atom stereocenters. The van der Waals surface area contributed by atoms with Crippen molar-refractivity contribution in [2.24, 2.45) is 5.92 Å². The second-order valence-corrected chi connectivity index (χ2v) is 4.12. The fourth-order valence-electron chi connectivity index (χ4n) is 1.66. The van der Waals surface area contributed by atoms with Gasteiger partial charge in [-0.2, -0.15) is 0 Å². The van der Waals surface area contributed by atoms with Crippen molar-refractivity contribution in [3.8, 4) is 0 Å². The summed E-state index contributed by atoms with van der Waals surface area (Å²) in [4.78, 5) is 4.24. The Balaban J connectivity index is 2.51. The number of aromatic nitrogens is 2. The molecule has 1 aromatic rings. The molecule has 0 aliphatic rings. The zero-order valence-corrected chi connectivity index (χ0v) is 9.27. The second kappa shape index (κ2) is 5.15. The summed E-state index contributed by atoms with van der Waals surface area (Å²) in [5.41, 5.74) is 0. The first kappa shape index (κ1) is 11.2. The lowest BCUT2D eigenvalue weighted by Gasteiger charge is -2.13. The molecular formula is C11H20N2O. The molecule has 0 spiro atoms. The van der Waals surface area contributed by atoms with Crippen molar-refractivity contribution in [1.29, 1.82) is 0 Å². The van der Waals surface area contributed by atoms with E-state index in [-0.39, 0.29) is 6.10 Å². The fraction of sp³-hybridized carbons (Fsp3) is 0.727. The van der Waals surface area contributed by atoms with Gasteiger partial charge in [-0.25, -0.2) is 4.98 Å². The summed E-state index contributed by atoms with van der Waals surface area (Å²) >= 11 is 0. The Morgan fingerprint density at radius 3 is 2.79 bits per heavy atom. The standard InChI is InChI=1S/C11H20N2O/c1-4-13-6-5-12-11(13)8-10(14)7-9(2)3/h5-6,9-10,14H,4,7-8H2,1-3H3. The van der Waals surface area contributed by atoms with Gasteiger partial charge in [-0.3, -0.25) is 0 Å². The zero-order chi connectivity index (χ0) is 10.6. The minimum Gasteiger partial charge on any atom is -0.393 e. The van der Waals surface area contributed by atoms with Crippen molar-refractivity contribution >= 4 is 0 Å². The number of aryl methyl sites for hydroxylation is 1. The Kier molecular flexibility index (Phi) is 4.14. The van der Waals surface area contributed by atoms with E-state index in [1.54, 1.807) is 6.20 Å². The Hall–Kier alpha value is -0.830. The highest BCUT2D eigenvalue weighted by molar-refractivity contribution is 4.94. The number of nitrogens with zero attached hydrogens (tertiary/aromatic N) is 2. The van der Waals surface area contributed by atoms with E-state index in [0.29, 0.717) is 12.3 Å². The van der Waals surface area contributed by atoms with Crippen LogP contribution in [0.5, 0.6) is 0 Å². The van der Waals surface area contributed by atoms with Gasteiger partial charge in [0.1, 0.15) is 5.82 Å². The Morgan fingerprint density at radius 1 is 1.50 bits per heavy atom. The van der Waals surface area contributed by atoms with Crippen molar-refractivity contribution < 1.29 is 5.11 Å². The monoisotopic (exact) mass is 196 g/mol. The Morgan fingerprint density at radius 2 is 2.21 bits per heavy atom. The lowest BCUT2D eigenvalue weighted by atomic mass is 10.0. The third-order valence-corrected chi connectivity index (χ3v) is 2.30. The van der Waals surface area contributed by atoms with Crippen molar-refractivity contribution in [3.05, 3.63) is 18.2 Å². The molecular weight excluding hydrogens is 176 g/mol. The van der Waals surface area contributed by atoms with Gasteiger partial charge in [-0.1, -0.05) is 13.8 Å². The molecule has 80 valence electrons. The first-order chi connectivity index (χ1) is 6.63. The quantitative estimate of drug-likeness (QED) is 0.780. The number of aliphatic hydroxyl groups is 1. The molecule has 0 amide bonds. The molecule has 0 bridgehead atoms. The summed E-state index contributed by atoms with van der Waals surface area (Å²) in [5.74, 6) is 1.52. The van der Waals surface area contributed by atoms with Crippen LogP contribution in [0.3, 0.4) is 0 Å². The van der Waals surface area contributed by atoms with Gasteiger partial charge in [0.15, 0.2) is 0 Å². The van der Waals surface area contributed by atoms with Crippen LogP contribution in [-0.4, -0.2) is 20.8 Å². The summed E-state index contributed by atoms with van der Waals surface area (Å²) in [5, 5.41) is 9.76. The maximum absolute atomic E-state index is 9.76. The smallest absolute Gasteiger partial charge is 0.111 e. The van der Waals surface area contributed by atoms with Gasteiger partial charge < -0.3 is 9.67 Å². The molecule has 0 aromatic carbocycles. The molecule has 0 fully saturated rings. The van der Waals surface area contributed by atoms with Gasteiger partial charge in [0.25, 0.3) is 0 Å². The third-order valence-electron chi connectivity index (χ3n) is 2.30. The number of hydrogen-bond acceptors (Lipinski definition) is 2. The molecule has 0 aliphatic carbocycles. The number of hydrogen-bond donors (Lipinski definition) is 1. The van der Waals surface area contributed by atoms with Crippen LogP contribution < -0.4 is 0 Å². The SMILES string of the molecule is CCn1ccnc1CC(O)CC(C)C. The second-order valence-electron chi connectivity index (χ2n) is 4.12. The highest BCUT2D eigenvalue weighted by Crippen LogP contribution is 2.09. The maximum Gasteiger partial charge on any atom is 0.111 e. The van der Waals surface area contributed by atoms with Crippen LogP contribution in [0.15, 0.2) is 12.4 Å². The predicted octanol–water partition coefficient (Wildman–Crippen LogP) is 1.85. The van der Waals surface area contributed by atoms with Gasteiger partial charge in [-0.05, 0) is 19.3 Å². The Bertz CT molecular complexity index is 268. The van der Waals surface area contributed by atoms with Crippen molar-refractivity contribution in [1.82, 2.24) is 9.55 Å². The van der Waals surface area contributed by atoms with Crippen LogP contribution in [0.4, 0.5) is 0 Å². The van der Waals surface area contributed by atoms with Gasteiger partial charge >= 0.3 is 0 Å². The van der Waals surface area contributed by atoms with Crippen LogP contribution in [0.25, 0.3) is 0 Å². The number of imidazole rings is 1. The minimum atomic E-state index is -0.261. The van der Waals surface area contributed by atoms with E-state index in [1.807, 2.05) is 6.20 Å². The molecule has 0 saturated heterocycles. The molecule has 1 atom stereocenters. The number of rotatable bonds is 5. The Labute approximate surface area is 85.8 Å². The summed E-state index contributed by atoms with van der Waals surface area (Å²) in [6, 6.07) is 0. The van der Waals surface area contributed by atoms with E-state index in [2.05, 4.69) is 30.3 Å². The molecule has 1 rings (SSSR count). The highest BCUT2D eigenvalue weighted by Gasteiger charge is 2.11. The van der Waals surface area contributed by atoms with Crippen molar-refractivity contribution in [2.45, 2.75) is 46.3 Å². The van der Waals surface area contributed by atoms with Crippen LogP contribution in [0, 0.1) is 5.92 Å². The average Bonchev–Trinajstić information content (AvgIpc) is 2.50. The maximum atomic E-state index is 9.76. The summed E-state index contributed by atoms with van der Waals surface area (Å²) in [7, 11) is 0. The molecule has 0 saturated carbocycles. The van der Waals surface area contributed by atoms with E-state index >= 15 is 0 Å². The van der Waals surface area contributed by atoms with Crippen molar-refractivity contribution in [3.63, 3.8) is 0 Å². The van der Waals surface area contributed by atoms with Gasteiger partial charge in [0.05, 0.1) is 6.10 Å². The van der Waals surface area contributed by atoms with Gasteiger partial charge in [0, 0.05) is 25.4 Å². The molecule has 0 aliphatic heterocycles. The molecule has 14 heavy (non-hydrogen) atoms. The van der Waals surface area contributed by atoms with Crippen molar-refractivity contribution in [2.75, 3.05) is 0 Å². The first-order valence-corrected chi connectivity index (χ1v) is 5.31. The van der Waals surface area contributed by atoms with E-state index < -0.39 is 0 Å². The summed E-state index contributed by atoms with van der Waals surface area (Å²) < 4.78 is 2.07. The largest absolute Gasteiger partial charge is 0.393 e. The molecule has 1 heterocycles. The third kappa shape index (κ3) is 3.14. The predicted molar refractivity (Wildman–Crippen MR) is 57.1 cm³/mol. The summed E-state index contributed by atoms with van der Waals surface area (Å²) in [6.45, 7) is 7.24.